The van der Waals surface area contributed by atoms with Crippen molar-refractivity contribution in [1.82, 2.24) is 0 Å². The molecule has 3 aromatic carbocycles. The minimum atomic E-state index is -1.05. The first-order valence-corrected chi connectivity index (χ1v) is 8.44. The van der Waals surface area contributed by atoms with E-state index < -0.39 is 5.97 Å². The molecule has 3 rings (SSSR count). The maximum atomic E-state index is 12.0. The Balaban J connectivity index is 1.57. The Bertz CT molecular complexity index is 964. The Labute approximate surface area is 157 Å². The highest BCUT2D eigenvalue weighted by molar-refractivity contribution is 5.94. The molecule has 27 heavy (non-hydrogen) atoms. The molecule has 0 spiro atoms. The summed E-state index contributed by atoms with van der Waals surface area (Å²) in [6.45, 7) is 1.88. The van der Waals surface area contributed by atoms with E-state index in [0.29, 0.717) is 11.4 Å². The van der Waals surface area contributed by atoms with Crippen molar-refractivity contribution in [2.45, 2.75) is 6.92 Å². The number of aryl methyl sites for hydroxylation is 1. The van der Waals surface area contributed by atoms with Gasteiger partial charge in [0.15, 0.2) is 6.61 Å². The number of carboxylic acid groups (broad SMARTS) is 1. The number of ether oxygens (including phenoxy) is 1. The zero-order valence-corrected chi connectivity index (χ0v) is 14.8. The van der Waals surface area contributed by atoms with E-state index in [0.717, 1.165) is 11.1 Å². The first-order chi connectivity index (χ1) is 13.0. The molecule has 0 saturated carbocycles. The molecule has 0 atom stereocenters. The van der Waals surface area contributed by atoms with Crippen molar-refractivity contribution in [3.05, 3.63) is 83.9 Å². The van der Waals surface area contributed by atoms with Gasteiger partial charge in [-0.05, 0) is 48.4 Å². The molecule has 0 aromatic heterocycles. The van der Waals surface area contributed by atoms with E-state index in [1.54, 1.807) is 12.1 Å². The number of carbonyl (C=O) groups excluding carboxylic acids is 1. The first kappa shape index (κ1) is 18.2. The van der Waals surface area contributed by atoms with Gasteiger partial charge in [0.1, 0.15) is 5.75 Å². The number of hydrogen-bond donors (Lipinski definition) is 2. The van der Waals surface area contributed by atoms with Crippen molar-refractivity contribution >= 4 is 17.6 Å². The lowest BCUT2D eigenvalue weighted by atomic mass is 10.0. The zero-order chi connectivity index (χ0) is 19.2. The SMILES string of the molecule is Cc1cccc(-c2ccc(OCC(=O)Nc3cccc(C(=O)O)c3)cc2)c1. The number of hydrogen-bond acceptors (Lipinski definition) is 3. The molecule has 1 amide bonds. The van der Waals surface area contributed by atoms with Crippen molar-refractivity contribution in [3.8, 4) is 16.9 Å². The van der Waals surface area contributed by atoms with Gasteiger partial charge >= 0.3 is 5.97 Å². The number of nitrogens with one attached hydrogen (secondary N) is 1. The van der Waals surface area contributed by atoms with Crippen molar-refractivity contribution in [2.24, 2.45) is 0 Å². The van der Waals surface area contributed by atoms with Gasteiger partial charge < -0.3 is 15.2 Å². The van der Waals surface area contributed by atoms with Crippen LogP contribution in [0.1, 0.15) is 15.9 Å². The highest BCUT2D eigenvalue weighted by Crippen LogP contribution is 2.23. The highest BCUT2D eigenvalue weighted by atomic mass is 16.5. The molecule has 2 N–H and O–H groups in total. The predicted octanol–water partition coefficient (Wildman–Crippen LogP) is 4.38. The van der Waals surface area contributed by atoms with E-state index in [1.807, 2.05) is 49.4 Å². The minimum Gasteiger partial charge on any atom is -0.484 e. The topological polar surface area (TPSA) is 75.6 Å². The lowest BCUT2D eigenvalue weighted by Gasteiger charge is -2.09. The molecule has 5 nitrogen and oxygen atoms in total. The third-order valence-corrected chi connectivity index (χ3v) is 3.97. The summed E-state index contributed by atoms with van der Waals surface area (Å²) >= 11 is 0. The van der Waals surface area contributed by atoms with Gasteiger partial charge in [-0.1, -0.05) is 48.0 Å². The second-order valence-electron chi connectivity index (χ2n) is 6.12. The van der Waals surface area contributed by atoms with Crippen LogP contribution in [0.3, 0.4) is 0 Å². The van der Waals surface area contributed by atoms with Crippen molar-refractivity contribution < 1.29 is 19.4 Å². The molecule has 3 aromatic rings. The van der Waals surface area contributed by atoms with E-state index in [2.05, 4.69) is 11.4 Å². The highest BCUT2D eigenvalue weighted by Gasteiger charge is 2.07. The summed E-state index contributed by atoms with van der Waals surface area (Å²) in [6.07, 6.45) is 0. The molecule has 0 aliphatic heterocycles. The van der Waals surface area contributed by atoms with Crippen LogP contribution < -0.4 is 10.1 Å². The number of amides is 1. The third kappa shape index (κ3) is 4.95. The van der Waals surface area contributed by atoms with Gasteiger partial charge in [0.05, 0.1) is 5.56 Å². The van der Waals surface area contributed by atoms with Crippen LogP contribution in [0.15, 0.2) is 72.8 Å². The summed E-state index contributed by atoms with van der Waals surface area (Å²) < 4.78 is 5.50. The Hall–Kier alpha value is -3.60. The van der Waals surface area contributed by atoms with Crippen LogP contribution in [0.2, 0.25) is 0 Å². The summed E-state index contributed by atoms with van der Waals surface area (Å²) in [5, 5.41) is 11.6. The normalized spacial score (nSPS) is 10.3. The monoisotopic (exact) mass is 361 g/mol. The molecular weight excluding hydrogens is 342 g/mol. The number of rotatable bonds is 6. The second-order valence-corrected chi connectivity index (χ2v) is 6.12. The van der Waals surface area contributed by atoms with Gasteiger partial charge in [0.2, 0.25) is 0 Å². The molecular formula is C22H19NO4. The molecule has 0 saturated heterocycles. The fraction of sp³-hybridized carbons (Fsp3) is 0.0909. The Morgan fingerprint density at radius 1 is 0.926 bits per heavy atom. The van der Waals surface area contributed by atoms with Crippen LogP contribution in [0.5, 0.6) is 5.75 Å². The molecule has 0 unspecified atom stereocenters. The number of anilines is 1. The summed E-state index contributed by atoms with van der Waals surface area (Å²) in [5.41, 5.74) is 3.91. The van der Waals surface area contributed by atoms with Gasteiger partial charge in [-0.25, -0.2) is 4.79 Å². The van der Waals surface area contributed by atoms with Crippen molar-refractivity contribution in [3.63, 3.8) is 0 Å². The van der Waals surface area contributed by atoms with Crippen molar-refractivity contribution in [1.29, 1.82) is 0 Å². The Kier molecular flexibility index (Phi) is 5.52. The average Bonchev–Trinajstić information content (AvgIpc) is 2.67. The first-order valence-electron chi connectivity index (χ1n) is 8.44. The number of benzene rings is 3. The van der Waals surface area contributed by atoms with Gasteiger partial charge in [-0.2, -0.15) is 0 Å². The molecule has 0 aliphatic carbocycles. The van der Waals surface area contributed by atoms with E-state index in [9.17, 15) is 9.59 Å². The van der Waals surface area contributed by atoms with E-state index in [-0.39, 0.29) is 18.1 Å². The fourth-order valence-corrected chi connectivity index (χ4v) is 2.64. The van der Waals surface area contributed by atoms with Crippen LogP contribution in [0, 0.1) is 6.92 Å². The number of carbonyl (C=O) groups is 2. The Morgan fingerprint density at radius 3 is 2.37 bits per heavy atom. The van der Waals surface area contributed by atoms with Crippen LogP contribution in [-0.4, -0.2) is 23.6 Å². The minimum absolute atomic E-state index is 0.112. The lowest BCUT2D eigenvalue weighted by Crippen LogP contribution is -2.20. The quantitative estimate of drug-likeness (QED) is 0.683. The Morgan fingerprint density at radius 2 is 1.67 bits per heavy atom. The second kappa shape index (κ2) is 8.19. The van der Waals surface area contributed by atoms with Crippen LogP contribution in [0.4, 0.5) is 5.69 Å². The molecule has 0 bridgehead atoms. The smallest absolute Gasteiger partial charge is 0.335 e. The fourth-order valence-electron chi connectivity index (χ4n) is 2.64. The van der Waals surface area contributed by atoms with Gasteiger partial charge in [-0.3, -0.25) is 4.79 Å². The van der Waals surface area contributed by atoms with Crippen LogP contribution >= 0.6 is 0 Å². The summed E-state index contributed by atoms with van der Waals surface area (Å²) in [6, 6.07) is 21.8. The van der Waals surface area contributed by atoms with E-state index in [4.69, 9.17) is 9.84 Å². The van der Waals surface area contributed by atoms with E-state index in [1.165, 1.54) is 17.7 Å². The molecule has 136 valence electrons. The third-order valence-electron chi connectivity index (χ3n) is 3.97. The average molecular weight is 361 g/mol. The summed E-state index contributed by atoms with van der Waals surface area (Å²) in [4.78, 5) is 23.0. The summed E-state index contributed by atoms with van der Waals surface area (Å²) in [7, 11) is 0. The van der Waals surface area contributed by atoms with Crippen LogP contribution in [-0.2, 0) is 4.79 Å². The van der Waals surface area contributed by atoms with Crippen molar-refractivity contribution in [2.75, 3.05) is 11.9 Å². The van der Waals surface area contributed by atoms with Gasteiger partial charge in [-0.15, -0.1) is 0 Å². The van der Waals surface area contributed by atoms with Gasteiger partial charge in [0, 0.05) is 5.69 Å². The number of carboxylic acids is 1. The molecule has 0 aliphatic rings. The molecule has 0 radical (unpaired) electrons. The van der Waals surface area contributed by atoms with Crippen LogP contribution in [0.25, 0.3) is 11.1 Å². The molecule has 5 heteroatoms. The summed E-state index contributed by atoms with van der Waals surface area (Å²) in [5.74, 6) is -0.822. The predicted molar refractivity (Wildman–Crippen MR) is 104 cm³/mol. The maximum absolute atomic E-state index is 12.0. The van der Waals surface area contributed by atoms with E-state index >= 15 is 0 Å². The maximum Gasteiger partial charge on any atom is 0.335 e. The lowest BCUT2D eigenvalue weighted by molar-refractivity contribution is -0.118. The zero-order valence-electron chi connectivity index (χ0n) is 14.8. The largest absolute Gasteiger partial charge is 0.484 e. The standard InChI is InChI=1S/C22H19NO4/c1-15-4-2-5-17(12-15)16-8-10-20(11-9-16)27-14-21(24)23-19-7-3-6-18(13-19)22(25)26/h2-13H,14H2,1H3,(H,23,24)(H,25,26). The molecule has 0 heterocycles. The van der Waals surface area contributed by atoms with Gasteiger partial charge in [0.25, 0.3) is 5.91 Å². The number of aromatic carboxylic acids is 1. The molecule has 0 fully saturated rings.